The maximum Gasteiger partial charge on any atom is 0.342 e. The second-order valence-corrected chi connectivity index (χ2v) is 14.2. The number of likely N-dealkylation sites (N-methyl/N-ethyl adjacent to an activating group) is 1. The van der Waals surface area contributed by atoms with Crippen LogP contribution in [0.4, 0.5) is 23.2 Å². The van der Waals surface area contributed by atoms with Gasteiger partial charge in [0.2, 0.25) is 5.91 Å². The maximum absolute atomic E-state index is 14.8. The smallest absolute Gasteiger partial charge is 0.342 e. The van der Waals surface area contributed by atoms with Crippen molar-refractivity contribution in [2.45, 2.75) is 31.0 Å². The van der Waals surface area contributed by atoms with Crippen molar-refractivity contribution in [3.05, 3.63) is 131 Å². The highest BCUT2D eigenvalue weighted by atomic mass is 32.2. The molecule has 0 saturated heterocycles. The van der Waals surface area contributed by atoms with Crippen LogP contribution in [0.3, 0.4) is 0 Å². The van der Waals surface area contributed by atoms with Crippen LogP contribution in [0, 0.1) is 41.0 Å². The van der Waals surface area contributed by atoms with Gasteiger partial charge in [0, 0.05) is 23.6 Å². The number of allylic oxidation sites excluding steroid dienone is 2. The molecule has 4 aromatic rings. The van der Waals surface area contributed by atoms with E-state index in [4.69, 9.17) is 9.47 Å². The molecule has 2 bridgehead atoms. The highest BCUT2D eigenvalue weighted by molar-refractivity contribution is 7.97. The topological polar surface area (TPSA) is 59.1 Å². The van der Waals surface area contributed by atoms with Crippen molar-refractivity contribution >= 4 is 44.1 Å². The van der Waals surface area contributed by atoms with E-state index in [2.05, 4.69) is 12.2 Å². The van der Waals surface area contributed by atoms with Gasteiger partial charge < -0.3 is 14.4 Å². The lowest BCUT2D eigenvalue weighted by Crippen LogP contribution is -2.41. The van der Waals surface area contributed by atoms with Gasteiger partial charge in [0.15, 0.2) is 23.3 Å². The lowest BCUT2D eigenvalue weighted by atomic mass is 9.93. The molecular formula is C38H35F4N2O4PS. The number of carbonyl (C=O) groups excluding carboxylic acids is 2. The normalized spacial score (nSPS) is 17.7. The SMILES string of the molecule is CN(CC(=O)N(CC1CC2C=CC1C2)c1ccc(C(=O)OCc2ccccc2)c(OCc2ccccc2)c1)Sc1c(F)c(F)c(F)c(P)c1F. The lowest BCUT2D eigenvalue weighted by Gasteiger charge is -2.30. The number of amides is 1. The van der Waals surface area contributed by atoms with Crippen LogP contribution in [0.25, 0.3) is 0 Å². The maximum atomic E-state index is 14.8. The minimum absolute atomic E-state index is 0.0588. The molecular weight excluding hydrogens is 687 g/mol. The first-order chi connectivity index (χ1) is 24.1. The molecule has 1 saturated carbocycles. The Hall–Kier alpha value is -4.18. The summed E-state index contributed by atoms with van der Waals surface area (Å²) in [6, 6.07) is 23.5. The Morgan fingerprint density at radius 1 is 0.840 bits per heavy atom. The second-order valence-electron chi connectivity index (χ2n) is 12.4. The number of ether oxygens (including phenoxy) is 2. The average molecular weight is 723 g/mol. The number of nitrogens with zero attached hydrogens (tertiary/aromatic N) is 2. The number of hydrogen-bond donors (Lipinski definition) is 0. The Bertz CT molecular complexity index is 1870. The van der Waals surface area contributed by atoms with Crippen LogP contribution < -0.4 is 14.9 Å². The standard InChI is InChI=1S/C38H35F4N2O4PS/c1-43(50-37-34(41)32(39)33(40)36(49)35(37)42)20-31(45)44(19-27-17-25-12-13-26(27)16-25)28-14-15-29(38(46)48-22-24-10-6-3-7-11-24)30(18-28)47-21-23-8-4-2-5-9-23/h2-15,18,25-27H,16-17,19-22,49H2,1H3. The molecule has 50 heavy (non-hydrogen) atoms. The number of fused-ring (bicyclic) bond motifs is 2. The first kappa shape index (κ1) is 35.6. The van der Waals surface area contributed by atoms with Crippen molar-refractivity contribution in [2.75, 3.05) is 25.0 Å². The molecule has 1 fully saturated rings. The molecule has 2 aliphatic carbocycles. The molecule has 0 radical (unpaired) electrons. The summed E-state index contributed by atoms with van der Waals surface area (Å²) in [5, 5.41) is -0.734. The highest BCUT2D eigenvalue weighted by Crippen LogP contribution is 2.44. The Kier molecular flexibility index (Phi) is 11.3. The summed E-state index contributed by atoms with van der Waals surface area (Å²) in [6.45, 7) is 0.231. The van der Waals surface area contributed by atoms with E-state index < -0.39 is 45.3 Å². The zero-order valence-electron chi connectivity index (χ0n) is 27.2. The molecule has 0 N–H and O–H groups in total. The van der Waals surface area contributed by atoms with Crippen molar-refractivity contribution in [3.8, 4) is 5.75 Å². The number of benzene rings is 4. The van der Waals surface area contributed by atoms with Crippen molar-refractivity contribution in [1.82, 2.24) is 4.31 Å². The predicted molar refractivity (Wildman–Crippen MR) is 188 cm³/mol. The van der Waals surface area contributed by atoms with E-state index in [0.717, 1.165) is 24.0 Å². The van der Waals surface area contributed by atoms with Gasteiger partial charge in [-0.3, -0.25) is 4.79 Å². The van der Waals surface area contributed by atoms with E-state index in [1.165, 1.54) is 11.4 Å². The van der Waals surface area contributed by atoms with Gasteiger partial charge in [-0.1, -0.05) is 82.1 Å². The van der Waals surface area contributed by atoms with E-state index in [1.807, 2.05) is 60.7 Å². The van der Waals surface area contributed by atoms with E-state index in [1.54, 1.807) is 32.3 Å². The van der Waals surface area contributed by atoms with Crippen LogP contribution in [-0.4, -0.2) is 36.3 Å². The molecule has 0 aliphatic heterocycles. The summed E-state index contributed by atoms with van der Waals surface area (Å²) in [6.07, 6.45) is 6.29. The van der Waals surface area contributed by atoms with Gasteiger partial charge in [0.05, 0.1) is 11.4 Å². The Labute approximate surface area is 294 Å². The Balaban J connectivity index is 1.28. The number of halogens is 4. The zero-order chi connectivity index (χ0) is 35.4. The average Bonchev–Trinajstić information content (AvgIpc) is 3.77. The highest BCUT2D eigenvalue weighted by Gasteiger charge is 2.38. The van der Waals surface area contributed by atoms with Crippen LogP contribution in [0.1, 0.15) is 34.3 Å². The van der Waals surface area contributed by atoms with Crippen molar-refractivity contribution in [3.63, 3.8) is 0 Å². The van der Waals surface area contributed by atoms with Crippen LogP contribution in [0.15, 0.2) is 95.9 Å². The first-order valence-electron chi connectivity index (χ1n) is 16.1. The van der Waals surface area contributed by atoms with E-state index in [0.29, 0.717) is 36.0 Å². The molecule has 4 unspecified atom stereocenters. The molecule has 4 atom stereocenters. The van der Waals surface area contributed by atoms with Gasteiger partial charge >= 0.3 is 5.97 Å². The second kappa shape index (κ2) is 15.8. The molecule has 0 spiro atoms. The molecule has 12 heteroatoms. The Morgan fingerprint density at radius 2 is 1.52 bits per heavy atom. The fourth-order valence-electron chi connectivity index (χ4n) is 6.37. The van der Waals surface area contributed by atoms with E-state index in [-0.39, 0.29) is 37.0 Å². The summed E-state index contributed by atoms with van der Waals surface area (Å²) in [5.41, 5.74) is 2.33. The molecule has 6 nitrogen and oxygen atoms in total. The Morgan fingerprint density at radius 3 is 2.16 bits per heavy atom. The van der Waals surface area contributed by atoms with E-state index >= 15 is 0 Å². The molecule has 260 valence electrons. The number of esters is 1. The fourth-order valence-corrected chi connectivity index (χ4v) is 7.59. The minimum atomic E-state index is -1.80. The minimum Gasteiger partial charge on any atom is -0.488 e. The van der Waals surface area contributed by atoms with Gasteiger partial charge in [-0.15, -0.1) is 0 Å². The molecule has 0 aromatic heterocycles. The van der Waals surface area contributed by atoms with Crippen molar-refractivity contribution in [1.29, 1.82) is 0 Å². The van der Waals surface area contributed by atoms with Crippen LogP contribution >= 0.6 is 21.2 Å². The third-order valence-corrected chi connectivity index (χ3v) is 10.4. The quantitative estimate of drug-likeness (QED) is 0.0267. The lowest BCUT2D eigenvalue weighted by molar-refractivity contribution is -0.118. The fraction of sp³-hybridized carbons (Fsp3) is 0.263. The monoisotopic (exact) mass is 722 g/mol. The number of anilines is 1. The third kappa shape index (κ3) is 8.06. The summed E-state index contributed by atoms with van der Waals surface area (Å²) in [5.74, 6) is -6.25. The summed E-state index contributed by atoms with van der Waals surface area (Å²) in [4.78, 5) is 28.2. The predicted octanol–water partition coefficient (Wildman–Crippen LogP) is 7.86. The first-order valence-corrected chi connectivity index (χ1v) is 17.4. The van der Waals surface area contributed by atoms with Gasteiger partial charge in [0.25, 0.3) is 0 Å². The molecule has 4 aromatic carbocycles. The molecule has 2 aliphatic rings. The van der Waals surface area contributed by atoms with Gasteiger partial charge in [-0.05, 0) is 72.9 Å². The van der Waals surface area contributed by atoms with Gasteiger partial charge in [-0.25, -0.2) is 26.7 Å². The van der Waals surface area contributed by atoms with Crippen LogP contribution in [-0.2, 0) is 22.7 Å². The number of carbonyl (C=O) groups is 2. The van der Waals surface area contributed by atoms with E-state index in [9.17, 15) is 27.2 Å². The molecule has 6 rings (SSSR count). The van der Waals surface area contributed by atoms with Crippen molar-refractivity contribution < 1.29 is 36.6 Å². The summed E-state index contributed by atoms with van der Waals surface area (Å²) in [7, 11) is 3.17. The van der Waals surface area contributed by atoms with Gasteiger partial charge in [0.1, 0.15) is 24.5 Å². The summed E-state index contributed by atoms with van der Waals surface area (Å²) < 4.78 is 70.5. The number of rotatable bonds is 13. The molecule has 1 amide bonds. The zero-order valence-corrected chi connectivity index (χ0v) is 29.1. The molecule has 0 heterocycles. The van der Waals surface area contributed by atoms with Gasteiger partial charge in [-0.2, -0.15) is 0 Å². The van der Waals surface area contributed by atoms with Crippen molar-refractivity contribution in [2.24, 2.45) is 17.8 Å². The van der Waals surface area contributed by atoms with Crippen LogP contribution in [0.5, 0.6) is 5.75 Å². The summed E-state index contributed by atoms with van der Waals surface area (Å²) >= 11 is 0.467. The number of hydrogen-bond acceptors (Lipinski definition) is 6. The largest absolute Gasteiger partial charge is 0.488 e. The van der Waals surface area contributed by atoms with Crippen LogP contribution in [0.2, 0.25) is 0 Å². The third-order valence-electron chi connectivity index (χ3n) is 8.94.